The molecule has 222 valence electrons. The molecule has 0 amide bonds. The minimum Gasteiger partial charge on any atom is -0.456 e. The van der Waals surface area contributed by atoms with Crippen LogP contribution in [-0.4, -0.2) is 0 Å². The Bertz CT molecular complexity index is 2720. The molecular formula is C45H31NO. The van der Waals surface area contributed by atoms with Crippen LogP contribution in [-0.2, 0) is 5.41 Å². The molecule has 47 heavy (non-hydrogen) atoms. The van der Waals surface area contributed by atoms with E-state index in [0.29, 0.717) is 0 Å². The molecule has 0 saturated carbocycles. The van der Waals surface area contributed by atoms with Gasteiger partial charge in [0.2, 0.25) is 0 Å². The van der Waals surface area contributed by atoms with E-state index in [1.54, 1.807) is 0 Å². The molecule has 0 bridgehead atoms. The van der Waals surface area contributed by atoms with Crippen LogP contribution in [0, 0.1) is 0 Å². The highest BCUT2D eigenvalue weighted by molar-refractivity contribution is 6.22. The van der Waals surface area contributed by atoms with Crippen molar-refractivity contribution in [2.75, 3.05) is 4.90 Å². The standard InChI is InChI=1S/C45H31NO/c1-45(2)38-15-8-6-13-34(38)37-27-36-30(26-39(37)45)22-20-28-19-21-29-25-32(23-24-33(29)43(28)36)46(31-11-4-3-5-12-31)40-16-10-18-42-44(40)35-14-7-9-17-41(35)47-42/h3-27H,1-2H3. The summed E-state index contributed by atoms with van der Waals surface area (Å²) in [6.07, 6.45) is 0. The zero-order chi connectivity index (χ0) is 31.3. The molecule has 0 N–H and O–H groups in total. The molecular weight excluding hydrogens is 571 g/mol. The van der Waals surface area contributed by atoms with Gasteiger partial charge in [0.05, 0.1) is 11.1 Å². The van der Waals surface area contributed by atoms with Crippen LogP contribution >= 0.6 is 0 Å². The Labute approximate surface area is 273 Å². The molecule has 2 heteroatoms. The molecule has 0 saturated heterocycles. The first-order valence-electron chi connectivity index (χ1n) is 16.4. The predicted octanol–water partition coefficient (Wildman–Crippen LogP) is 12.8. The summed E-state index contributed by atoms with van der Waals surface area (Å²) < 4.78 is 6.31. The fraction of sp³-hybridized carbons (Fsp3) is 0.0667. The molecule has 1 aliphatic rings. The summed E-state index contributed by atoms with van der Waals surface area (Å²) in [6.45, 7) is 4.71. The van der Waals surface area contributed by atoms with E-state index < -0.39 is 0 Å². The molecule has 1 aromatic heterocycles. The molecule has 0 radical (unpaired) electrons. The Hall–Kier alpha value is -5.86. The Morgan fingerprint density at radius 2 is 1.17 bits per heavy atom. The average molecular weight is 602 g/mol. The number of rotatable bonds is 3. The van der Waals surface area contributed by atoms with Crippen molar-refractivity contribution in [1.82, 2.24) is 0 Å². The average Bonchev–Trinajstić information content (AvgIpc) is 3.60. The van der Waals surface area contributed by atoms with Crippen LogP contribution < -0.4 is 4.90 Å². The number of hydrogen-bond acceptors (Lipinski definition) is 2. The van der Waals surface area contributed by atoms with Gasteiger partial charge < -0.3 is 9.32 Å². The summed E-state index contributed by atoms with van der Waals surface area (Å²) in [6, 6.07) is 55.2. The van der Waals surface area contributed by atoms with Gasteiger partial charge in [-0.05, 0) is 109 Å². The number of furan rings is 1. The first-order valence-corrected chi connectivity index (χ1v) is 16.4. The normalized spacial score (nSPS) is 13.5. The van der Waals surface area contributed by atoms with Crippen LogP contribution in [0.4, 0.5) is 17.1 Å². The second kappa shape index (κ2) is 9.57. The molecule has 0 fully saturated rings. The molecule has 10 rings (SSSR count). The van der Waals surface area contributed by atoms with Crippen molar-refractivity contribution in [3.8, 4) is 11.1 Å². The summed E-state index contributed by atoms with van der Waals surface area (Å²) >= 11 is 0. The lowest BCUT2D eigenvalue weighted by Crippen LogP contribution is -2.14. The van der Waals surface area contributed by atoms with Crippen LogP contribution in [0.25, 0.3) is 65.4 Å². The number of hydrogen-bond donors (Lipinski definition) is 0. The van der Waals surface area contributed by atoms with Crippen molar-refractivity contribution in [3.05, 3.63) is 163 Å². The van der Waals surface area contributed by atoms with E-state index in [0.717, 1.165) is 39.0 Å². The van der Waals surface area contributed by atoms with Gasteiger partial charge in [-0.25, -0.2) is 0 Å². The highest BCUT2D eigenvalue weighted by Crippen LogP contribution is 2.51. The second-order valence-corrected chi connectivity index (χ2v) is 13.3. The highest BCUT2D eigenvalue weighted by Gasteiger charge is 2.35. The maximum atomic E-state index is 6.31. The predicted molar refractivity (Wildman–Crippen MR) is 198 cm³/mol. The van der Waals surface area contributed by atoms with Crippen molar-refractivity contribution in [2.45, 2.75) is 19.3 Å². The quantitative estimate of drug-likeness (QED) is 0.187. The van der Waals surface area contributed by atoms with E-state index in [9.17, 15) is 0 Å². The number of benzene rings is 8. The second-order valence-electron chi connectivity index (χ2n) is 13.3. The van der Waals surface area contributed by atoms with Crippen molar-refractivity contribution in [2.24, 2.45) is 0 Å². The van der Waals surface area contributed by atoms with Gasteiger partial charge in [0.1, 0.15) is 11.2 Å². The molecule has 0 spiro atoms. The Kier molecular flexibility index (Phi) is 5.37. The van der Waals surface area contributed by atoms with Crippen LogP contribution in [0.5, 0.6) is 0 Å². The van der Waals surface area contributed by atoms with Crippen LogP contribution in [0.1, 0.15) is 25.0 Å². The van der Waals surface area contributed by atoms with Gasteiger partial charge in [0.25, 0.3) is 0 Å². The minimum atomic E-state index is -0.0210. The first kappa shape index (κ1) is 26.4. The summed E-state index contributed by atoms with van der Waals surface area (Å²) in [5, 5.41) is 9.89. The first-order chi connectivity index (χ1) is 23.1. The lowest BCUT2D eigenvalue weighted by Gasteiger charge is -2.26. The Balaban J connectivity index is 1.22. The third kappa shape index (κ3) is 3.73. The lowest BCUT2D eigenvalue weighted by molar-refractivity contribution is 0.661. The van der Waals surface area contributed by atoms with E-state index in [-0.39, 0.29) is 5.41 Å². The SMILES string of the molecule is CC1(C)c2ccccc2-c2cc3c(ccc4ccc5cc(N(c6ccccc6)c6cccc7oc8ccccc8c67)ccc5c43)cc21. The Morgan fingerprint density at radius 1 is 0.447 bits per heavy atom. The van der Waals surface area contributed by atoms with Gasteiger partial charge in [-0.15, -0.1) is 0 Å². The largest absolute Gasteiger partial charge is 0.456 e. The molecule has 9 aromatic rings. The van der Waals surface area contributed by atoms with E-state index >= 15 is 0 Å². The summed E-state index contributed by atoms with van der Waals surface area (Å²) in [5.74, 6) is 0. The van der Waals surface area contributed by atoms with Gasteiger partial charge in [0.15, 0.2) is 0 Å². The van der Waals surface area contributed by atoms with Crippen molar-refractivity contribution in [3.63, 3.8) is 0 Å². The van der Waals surface area contributed by atoms with Gasteiger partial charge in [0, 0.05) is 22.2 Å². The number of nitrogens with zero attached hydrogens (tertiary/aromatic N) is 1. The minimum absolute atomic E-state index is 0.0210. The van der Waals surface area contributed by atoms with Crippen LogP contribution in [0.15, 0.2) is 156 Å². The fourth-order valence-electron chi connectivity index (χ4n) is 8.16. The van der Waals surface area contributed by atoms with Crippen LogP contribution in [0.3, 0.4) is 0 Å². The van der Waals surface area contributed by atoms with Crippen molar-refractivity contribution < 1.29 is 4.42 Å². The van der Waals surface area contributed by atoms with Crippen LogP contribution in [0.2, 0.25) is 0 Å². The molecule has 2 nitrogen and oxygen atoms in total. The zero-order valence-corrected chi connectivity index (χ0v) is 26.3. The maximum Gasteiger partial charge on any atom is 0.137 e. The third-order valence-corrected chi connectivity index (χ3v) is 10.4. The molecule has 1 heterocycles. The summed E-state index contributed by atoms with van der Waals surface area (Å²) in [7, 11) is 0. The van der Waals surface area contributed by atoms with Gasteiger partial charge in [-0.2, -0.15) is 0 Å². The number of fused-ring (bicyclic) bond motifs is 11. The topological polar surface area (TPSA) is 16.4 Å². The zero-order valence-electron chi connectivity index (χ0n) is 26.3. The molecule has 0 unspecified atom stereocenters. The maximum absolute atomic E-state index is 6.31. The number of anilines is 3. The lowest BCUT2D eigenvalue weighted by atomic mass is 9.81. The summed E-state index contributed by atoms with van der Waals surface area (Å²) in [4.78, 5) is 2.36. The van der Waals surface area contributed by atoms with Gasteiger partial charge >= 0.3 is 0 Å². The Morgan fingerprint density at radius 3 is 2.04 bits per heavy atom. The van der Waals surface area contributed by atoms with E-state index in [4.69, 9.17) is 4.42 Å². The highest BCUT2D eigenvalue weighted by atomic mass is 16.3. The molecule has 0 aliphatic heterocycles. The van der Waals surface area contributed by atoms with E-state index in [1.807, 2.05) is 12.1 Å². The van der Waals surface area contributed by atoms with Gasteiger partial charge in [-0.3, -0.25) is 0 Å². The third-order valence-electron chi connectivity index (χ3n) is 10.4. The van der Waals surface area contributed by atoms with E-state index in [2.05, 4.69) is 158 Å². The fourth-order valence-corrected chi connectivity index (χ4v) is 8.16. The van der Waals surface area contributed by atoms with Crippen molar-refractivity contribution >= 4 is 71.3 Å². The van der Waals surface area contributed by atoms with Crippen molar-refractivity contribution in [1.29, 1.82) is 0 Å². The number of para-hydroxylation sites is 2. The smallest absolute Gasteiger partial charge is 0.137 e. The van der Waals surface area contributed by atoms with E-state index in [1.165, 1.54) is 54.6 Å². The van der Waals surface area contributed by atoms with Gasteiger partial charge in [-0.1, -0.05) is 111 Å². The summed E-state index contributed by atoms with van der Waals surface area (Å²) in [5.41, 5.74) is 10.6. The molecule has 1 aliphatic carbocycles. The monoisotopic (exact) mass is 601 g/mol. The molecule has 8 aromatic carbocycles. The molecule has 0 atom stereocenters.